The van der Waals surface area contributed by atoms with Gasteiger partial charge in [-0.3, -0.25) is 0 Å². The van der Waals surface area contributed by atoms with E-state index in [0.29, 0.717) is 0 Å². The van der Waals surface area contributed by atoms with Crippen molar-refractivity contribution in [1.29, 1.82) is 0 Å². The molecule has 0 aliphatic rings. The predicted molar refractivity (Wildman–Crippen MR) is 59.5 cm³/mol. The van der Waals surface area contributed by atoms with E-state index >= 15 is 0 Å². The first-order valence-corrected chi connectivity index (χ1v) is 2.19. The van der Waals surface area contributed by atoms with Gasteiger partial charge in [0.1, 0.15) is 0 Å². The van der Waals surface area contributed by atoms with Crippen molar-refractivity contribution in [1.82, 2.24) is 0 Å². The van der Waals surface area contributed by atoms with Crippen LogP contribution in [0.4, 0.5) is 0 Å². The summed E-state index contributed by atoms with van der Waals surface area (Å²) in [5.74, 6) is 0. The maximum absolute atomic E-state index is 8.25. The van der Waals surface area contributed by atoms with Crippen LogP contribution in [0.25, 0.3) is 0 Å². The molecule has 0 aromatic rings. The van der Waals surface area contributed by atoms with E-state index in [1.165, 1.54) is 0 Å². The van der Waals surface area contributed by atoms with Gasteiger partial charge in [-0.05, 0) is 0 Å². The zero-order chi connectivity index (χ0) is 14.3. The first-order valence-electron chi connectivity index (χ1n) is 2.19. The normalized spacial score (nSPS) is 4.36. The summed E-state index contributed by atoms with van der Waals surface area (Å²) in [5.41, 5.74) is 0. The second kappa shape index (κ2) is 61.7. The fraction of sp³-hybridized carbons (Fsp3) is 0. The second-order valence-electron chi connectivity index (χ2n) is 0.894. The summed E-state index contributed by atoms with van der Waals surface area (Å²) in [6, 6.07) is 0. The fourth-order valence-electron chi connectivity index (χ4n) is 0. The number of hydrogen-bond acceptors (Lipinski definition) is 12. The molecule has 0 saturated heterocycles. The van der Waals surface area contributed by atoms with Gasteiger partial charge < -0.3 is 88.7 Å². The quantitative estimate of drug-likeness (QED) is 0.195. The maximum Gasteiger partial charge on any atom is 4.00 e. The molecule has 21 nitrogen and oxygen atoms in total. The molecule has 136 valence electrons. The Kier molecular flexibility index (Phi) is 203. The van der Waals surface area contributed by atoms with Crippen LogP contribution in [0.15, 0.2) is 0 Å². The van der Waals surface area contributed by atoms with E-state index in [2.05, 4.69) is 0 Å². The monoisotopic (exact) mass is 570 g/mol. The molecular formula is H10N4O17Th. The van der Waals surface area contributed by atoms with Crippen LogP contribution < -0.4 is 0 Å². The minimum atomic E-state index is -1.75. The third-order valence-electron chi connectivity index (χ3n) is 0. The Labute approximate surface area is 149 Å². The van der Waals surface area contributed by atoms with Crippen molar-refractivity contribution in [2.45, 2.75) is 0 Å². The van der Waals surface area contributed by atoms with E-state index < -0.39 is 20.3 Å². The Morgan fingerprint density at radius 1 is 0.364 bits per heavy atom. The number of nitrogens with zero attached hydrogens (tertiary/aromatic N) is 4. The van der Waals surface area contributed by atoms with Crippen molar-refractivity contribution in [3.63, 3.8) is 0 Å². The summed E-state index contributed by atoms with van der Waals surface area (Å²) >= 11 is 0. The van der Waals surface area contributed by atoms with Gasteiger partial charge in [0.15, 0.2) is 0 Å². The third-order valence-corrected chi connectivity index (χ3v) is 0. The topological polar surface area (TPSA) is 422 Å². The summed E-state index contributed by atoms with van der Waals surface area (Å²) < 4.78 is 0. The molecule has 22 heavy (non-hydrogen) atoms. The van der Waals surface area contributed by atoms with Crippen LogP contribution in [0.5, 0.6) is 0 Å². The Balaban J connectivity index is -0.00000001000. The van der Waals surface area contributed by atoms with Crippen LogP contribution in [-0.2, 0) is 0 Å². The average Bonchev–Trinajstić information content (AvgIpc) is 1.76. The summed E-state index contributed by atoms with van der Waals surface area (Å²) in [6.07, 6.45) is 0. The molecular weight excluding hydrogens is 560 g/mol. The minimum Gasteiger partial charge on any atom is -0.412 e. The predicted octanol–water partition coefficient (Wildman–Crippen LogP) is -5.08. The Bertz CT molecular complexity index is 161. The van der Waals surface area contributed by atoms with Crippen molar-refractivity contribution in [2.75, 3.05) is 0 Å². The van der Waals surface area contributed by atoms with Gasteiger partial charge in [-0.25, -0.2) is 0 Å². The van der Waals surface area contributed by atoms with Gasteiger partial charge in [-0.1, -0.05) is 0 Å². The standard InChI is InChI=1S/4NO3.5H2O.Th/c4*2-1(3)4;;;;;;/h;;;;5*1H2;/q4*-1;;;;;;+4. The van der Waals surface area contributed by atoms with Crippen molar-refractivity contribution in [2.24, 2.45) is 0 Å². The van der Waals surface area contributed by atoms with E-state index in [-0.39, 0.29) is 67.3 Å². The number of rotatable bonds is 0. The van der Waals surface area contributed by atoms with Crippen LogP contribution in [0.1, 0.15) is 0 Å². The Morgan fingerprint density at radius 3 is 0.364 bits per heavy atom. The molecule has 0 amide bonds. The summed E-state index contributed by atoms with van der Waals surface area (Å²) in [4.78, 5) is 33.0. The summed E-state index contributed by atoms with van der Waals surface area (Å²) in [6.45, 7) is 0. The summed E-state index contributed by atoms with van der Waals surface area (Å²) in [5, 5.41) is 59.0. The molecule has 10 N–H and O–H groups in total. The smallest absolute Gasteiger partial charge is 0.412 e. The van der Waals surface area contributed by atoms with Gasteiger partial charge in [0.05, 0.1) is 20.3 Å². The van der Waals surface area contributed by atoms with E-state index in [1.54, 1.807) is 0 Å². The van der Waals surface area contributed by atoms with Crippen molar-refractivity contribution in [3.8, 4) is 0 Å². The van der Waals surface area contributed by atoms with Crippen LogP contribution in [0, 0.1) is 101 Å². The largest absolute Gasteiger partial charge is 4.00 e. The van der Waals surface area contributed by atoms with Gasteiger partial charge in [-0.2, -0.15) is 0 Å². The molecule has 0 aromatic heterocycles. The van der Waals surface area contributed by atoms with E-state index in [4.69, 9.17) is 61.3 Å². The zero-order valence-electron chi connectivity index (χ0n) is 9.69. The van der Waals surface area contributed by atoms with Gasteiger partial charge >= 0.3 is 39.9 Å². The molecule has 0 bridgehead atoms. The van der Waals surface area contributed by atoms with Gasteiger partial charge in [-0.15, -0.1) is 0 Å². The average molecular weight is 570 g/mol. The number of hydrogen-bond donors (Lipinski definition) is 0. The van der Waals surface area contributed by atoms with Gasteiger partial charge in [0.2, 0.25) is 0 Å². The molecule has 0 spiro atoms. The molecule has 0 rings (SSSR count). The molecule has 0 unspecified atom stereocenters. The van der Waals surface area contributed by atoms with Crippen molar-refractivity contribution >= 4 is 0 Å². The second-order valence-corrected chi connectivity index (χ2v) is 0.894. The molecule has 0 heterocycles. The molecule has 22 heteroatoms. The van der Waals surface area contributed by atoms with Crippen molar-refractivity contribution < 1.29 is 87.7 Å². The SMILES string of the molecule is O.O.O.O.O.O=[N+]([O-])[O-].O=[N+]([O-])[O-].O=[N+]([O-])[O-].O=[N+]([O-])[O-].[Th+4]. The fourth-order valence-corrected chi connectivity index (χ4v) is 0. The van der Waals surface area contributed by atoms with Crippen LogP contribution >= 0.6 is 0 Å². The zero-order valence-corrected chi connectivity index (χ0v) is 13.8. The van der Waals surface area contributed by atoms with E-state index in [0.717, 1.165) is 0 Å². The maximum atomic E-state index is 8.25. The Morgan fingerprint density at radius 2 is 0.364 bits per heavy atom. The first kappa shape index (κ1) is 72.4. The Hall–Kier alpha value is -2.08. The molecule has 0 fully saturated rings. The molecule has 0 aromatic carbocycles. The van der Waals surface area contributed by atoms with Crippen LogP contribution in [0.3, 0.4) is 0 Å². The first-order chi connectivity index (χ1) is 6.93. The van der Waals surface area contributed by atoms with E-state index in [1.807, 2.05) is 0 Å². The third kappa shape index (κ3) is 1190. The molecule has 0 radical (unpaired) electrons. The van der Waals surface area contributed by atoms with Gasteiger partial charge in [0.25, 0.3) is 0 Å². The summed E-state index contributed by atoms with van der Waals surface area (Å²) in [7, 11) is 0. The van der Waals surface area contributed by atoms with Crippen molar-refractivity contribution in [3.05, 3.63) is 61.3 Å². The minimum absolute atomic E-state index is 0. The van der Waals surface area contributed by atoms with Crippen LogP contribution in [-0.4, -0.2) is 47.7 Å². The van der Waals surface area contributed by atoms with Crippen LogP contribution in [0.2, 0.25) is 0 Å². The van der Waals surface area contributed by atoms with E-state index in [9.17, 15) is 0 Å². The van der Waals surface area contributed by atoms with Gasteiger partial charge in [0, 0.05) is 0 Å². The molecule has 0 aliphatic carbocycles. The molecule has 0 saturated carbocycles. The molecule has 0 atom stereocenters. The molecule has 0 aliphatic heterocycles.